The fourth-order valence-corrected chi connectivity index (χ4v) is 3.33. The van der Waals surface area contributed by atoms with Crippen LogP contribution in [-0.4, -0.2) is 42.8 Å². The van der Waals surface area contributed by atoms with Crippen molar-refractivity contribution in [1.29, 1.82) is 0 Å². The van der Waals surface area contributed by atoms with Crippen LogP contribution in [0, 0.1) is 17.8 Å². The third-order valence-electron chi connectivity index (χ3n) is 4.34. The standard InChI is InChI=1S/C16H30N2O2/c1-11(2)8-14-16(19)18(15(17-14)12(3)4)9-13-6-5-7-20-10-13/h11-15,17H,5-10H2,1-4H3. The van der Waals surface area contributed by atoms with Gasteiger partial charge < -0.3 is 9.64 Å². The van der Waals surface area contributed by atoms with Gasteiger partial charge in [-0.25, -0.2) is 0 Å². The quantitative estimate of drug-likeness (QED) is 0.841. The summed E-state index contributed by atoms with van der Waals surface area (Å²) >= 11 is 0. The van der Waals surface area contributed by atoms with Crippen molar-refractivity contribution >= 4 is 5.91 Å². The lowest BCUT2D eigenvalue weighted by atomic mass is 10.0. The minimum absolute atomic E-state index is 0.00640. The Morgan fingerprint density at radius 3 is 2.65 bits per heavy atom. The Morgan fingerprint density at radius 2 is 2.10 bits per heavy atom. The van der Waals surface area contributed by atoms with Crippen LogP contribution in [0.15, 0.2) is 0 Å². The summed E-state index contributed by atoms with van der Waals surface area (Å²) in [4.78, 5) is 14.7. The van der Waals surface area contributed by atoms with Gasteiger partial charge in [0.2, 0.25) is 5.91 Å². The second-order valence-electron chi connectivity index (χ2n) is 7.11. The topological polar surface area (TPSA) is 41.6 Å². The monoisotopic (exact) mass is 282 g/mol. The van der Waals surface area contributed by atoms with Crippen molar-refractivity contribution in [2.75, 3.05) is 19.8 Å². The number of ether oxygens (including phenoxy) is 1. The lowest BCUT2D eigenvalue weighted by Gasteiger charge is -2.32. The first-order valence-electron chi connectivity index (χ1n) is 8.13. The van der Waals surface area contributed by atoms with E-state index >= 15 is 0 Å². The molecule has 1 amide bonds. The third-order valence-corrected chi connectivity index (χ3v) is 4.34. The van der Waals surface area contributed by atoms with Crippen LogP contribution in [0.1, 0.15) is 47.0 Å². The van der Waals surface area contributed by atoms with E-state index in [1.165, 1.54) is 6.42 Å². The van der Waals surface area contributed by atoms with Crippen LogP contribution in [-0.2, 0) is 9.53 Å². The number of rotatable bonds is 5. The van der Waals surface area contributed by atoms with Crippen molar-refractivity contribution in [2.24, 2.45) is 17.8 Å². The molecule has 4 nitrogen and oxygen atoms in total. The van der Waals surface area contributed by atoms with Crippen molar-refractivity contribution in [2.45, 2.75) is 59.2 Å². The van der Waals surface area contributed by atoms with E-state index in [4.69, 9.17) is 4.74 Å². The zero-order chi connectivity index (χ0) is 14.7. The van der Waals surface area contributed by atoms with Gasteiger partial charge in [-0.15, -0.1) is 0 Å². The first-order chi connectivity index (χ1) is 9.49. The van der Waals surface area contributed by atoms with E-state index < -0.39 is 0 Å². The van der Waals surface area contributed by atoms with E-state index in [1.807, 2.05) is 0 Å². The van der Waals surface area contributed by atoms with Crippen LogP contribution >= 0.6 is 0 Å². The molecule has 2 rings (SSSR count). The third kappa shape index (κ3) is 3.73. The highest BCUT2D eigenvalue weighted by atomic mass is 16.5. The summed E-state index contributed by atoms with van der Waals surface area (Å²) in [6.45, 7) is 11.3. The molecule has 2 aliphatic rings. The smallest absolute Gasteiger partial charge is 0.241 e. The highest BCUT2D eigenvalue weighted by molar-refractivity contribution is 5.84. The van der Waals surface area contributed by atoms with Gasteiger partial charge in [0.1, 0.15) is 0 Å². The van der Waals surface area contributed by atoms with E-state index in [0.717, 1.165) is 32.6 Å². The predicted molar refractivity (Wildman–Crippen MR) is 80.3 cm³/mol. The number of nitrogens with one attached hydrogen (secondary N) is 1. The molecule has 0 aromatic carbocycles. The van der Waals surface area contributed by atoms with Gasteiger partial charge in [0.25, 0.3) is 0 Å². The van der Waals surface area contributed by atoms with Gasteiger partial charge in [-0.3, -0.25) is 10.1 Å². The molecule has 1 N–H and O–H groups in total. The second-order valence-corrected chi connectivity index (χ2v) is 7.11. The van der Waals surface area contributed by atoms with Crippen molar-refractivity contribution in [1.82, 2.24) is 10.2 Å². The number of carbonyl (C=O) groups is 1. The summed E-state index contributed by atoms with van der Waals surface area (Å²) in [5.41, 5.74) is 0. The van der Waals surface area contributed by atoms with E-state index in [9.17, 15) is 4.79 Å². The Labute approximate surface area is 123 Å². The van der Waals surface area contributed by atoms with Crippen molar-refractivity contribution in [3.05, 3.63) is 0 Å². The molecule has 0 saturated carbocycles. The molecule has 2 heterocycles. The molecule has 2 saturated heterocycles. The molecule has 0 spiro atoms. The Hall–Kier alpha value is -0.610. The molecule has 0 radical (unpaired) electrons. The molecule has 0 aromatic heterocycles. The number of hydrogen-bond donors (Lipinski definition) is 1. The normalized spacial score (nSPS) is 31.6. The summed E-state index contributed by atoms with van der Waals surface area (Å²) in [6.07, 6.45) is 3.43. The fourth-order valence-electron chi connectivity index (χ4n) is 3.33. The minimum atomic E-state index is 0.00640. The minimum Gasteiger partial charge on any atom is -0.381 e. The van der Waals surface area contributed by atoms with Gasteiger partial charge in [0.15, 0.2) is 0 Å². The molecule has 2 aliphatic heterocycles. The SMILES string of the molecule is CC(C)CC1NC(C(C)C)N(CC2CCCOC2)C1=O. The summed E-state index contributed by atoms with van der Waals surface area (Å²) in [7, 11) is 0. The summed E-state index contributed by atoms with van der Waals surface area (Å²) in [5, 5.41) is 3.55. The van der Waals surface area contributed by atoms with Crippen molar-refractivity contribution in [3.63, 3.8) is 0 Å². The van der Waals surface area contributed by atoms with Gasteiger partial charge >= 0.3 is 0 Å². The molecule has 0 aliphatic carbocycles. The Kier molecular flexibility index (Phi) is 5.44. The molecular weight excluding hydrogens is 252 g/mol. The molecule has 0 bridgehead atoms. The molecule has 20 heavy (non-hydrogen) atoms. The number of carbonyl (C=O) groups excluding carboxylic acids is 1. The summed E-state index contributed by atoms with van der Waals surface area (Å²) < 4.78 is 5.56. The van der Waals surface area contributed by atoms with Gasteiger partial charge in [-0.05, 0) is 31.1 Å². The lowest BCUT2D eigenvalue weighted by molar-refractivity contribution is -0.132. The molecule has 4 heteroatoms. The molecular formula is C16H30N2O2. The Balaban J connectivity index is 2.00. The first-order valence-corrected chi connectivity index (χ1v) is 8.13. The average molecular weight is 282 g/mol. The summed E-state index contributed by atoms with van der Waals surface area (Å²) in [5.74, 6) is 1.79. The largest absolute Gasteiger partial charge is 0.381 e. The number of hydrogen-bond acceptors (Lipinski definition) is 3. The highest BCUT2D eigenvalue weighted by Crippen LogP contribution is 2.24. The van der Waals surface area contributed by atoms with E-state index in [2.05, 4.69) is 37.9 Å². The fraction of sp³-hybridized carbons (Fsp3) is 0.938. The lowest BCUT2D eigenvalue weighted by Crippen LogP contribution is -2.44. The molecule has 0 aromatic rings. The predicted octanol–water partition coefficient (Wildman–Crippen LogP) is 2.24. The van der Waals surface area contributed by atoms with Crippen LogP contribution in [0.4, 0.5) is 0 Å². The maximum atomic E-state index is 12.7. The number of nitrogens with zero attached hydrogens (tertiary/aromatic N) is 1. The molecule has 2 fully saturated rings. The van der Waals surface area contributed by atoms with Crippen LogP contribution in [0.25, 0.3) is 0 Å². The van der Waals surface area contributed by atoms with Crippen molar-refractivity contribution < 1.29 is 9.53 Å². The zero-order valence-electron chi connectivity index (χ0n) is 13.4. The van der Waals surface area contributed by atoms with Gasteiger partial charge in [0.05, 0.1) is 18.8 Å². The Morgan fingerprint density at radius 1 is 1.35 bits per heavy atom. The van der Waals surface area contributed by atoms with Gasteiger partial charge in [-0.2, -0.15) is 0 Å². The zero-order valence-corrected chi connectivity index (χ0v) is 13.4. The average Bonchev–Trinajstić information content (AvgIpc) is 2.69. The van der Waals surface area contributed by atoms with Crippen LogP contribution in [0.5, 0.6) is 0 Å². The maximum absolute atomic E-state index is 12.7. The molecule has 116 valence electrons. The Bertz CT molecular complexity index is 324. The van der Waals surface area contributed by atoms with Crippen LogP contribution in [0.3, 0.4) is 0 Å². The number of amides is 1. The molecule has 3 unspecified atom stereocenters. The first kappa shape index (κ1) is 15.8. The van der Waals surface area contributed by atoms with Gasteiger partial charge in [0, 0.05) is 19.1 Å². The van der Waals surface area contributed by atoms with E-state index in [-0.39, 0.29) is 12.2 Å². The van der Waals surface area contributed by atoms with E-state index in [1.54, 1.807) is 0 Å². The molecule has 3 atom stereocenters. The van der Waals surface area contributed by atoms with E-state index in [0.29, 0.717) is 23.7 Å². The van der Waals surface area contributed by atoms with Crippen molar-refractivity contribution in [3.8, 4) is 0 Å². The summed E-state index contributed by atoms with van der Waals surface area (Å²) in [6, 6.07) is 0.00640. The van der Waals surface area contributed by atoms with Crippen LogP contribution in [0.2, 0.25) is 0 Å². The van der Waals surface area contributed by atoms with Crippen LogP contribution < -0.4 is 5.32 Å². The highest BCUT2D eigenvalue weighted by Gasteiger charge is 2.41. The second kappa shape index (κ2) is 6.90. The van der Waals surface area contributed by atoms with Gasteiger partial charge in [-0.1, -0.05) is 27.7 Å². The maximum Gasteiger partial charge on any atom is 0.241 e.